The minimum absolute atomic E-state index is 0.210. The summed E-state index contributed by atoms with van der Waals surface area (Å²) in [7, 11) is 3.25. The van der Waals surface area contributed by atoms with Gasteiger partial charge < -0.3 is 15.0 Å². The van der Waals surface area contributed by atoms with Crippen molar-refractivity contribution in [2.24, 2.45) is 0 Å². The van der Waals surface area contributed by atoms with Crippen molar-refractivity contribution in [2.45, 2.75) is 13.3 Å². The molecule has 0 unspecified atom stereocenters. The van der Waals surface area contributed by atoms with Gasteiger partial charge in [-0.05, 0) is 24.6 Å². The summed E-state index contributed by atoms with van der Waals surface area (Å²) in [6, 6.07) is 6.42. The summed E-state index contributed by atoms with van der Waals surface area (Å²) in [6.45, 7) is 2.79. The Labute approximate surface area is 123 Å². The Bertz CT molecular complexity index is 608. The van der Waals surface area contributed by atoms with E-state index in [1.807, 2.05) is 6.92 Å². The number of nitrogens with one attached hydrogen (secondary N) is 1. The van der Waals surface area contributed by atoms with Crippen molar-refractivity contribution in [1.29, 1.82) is 0 Å². The highest BCUT2D eigenvalue weighted by Crippen LogP contribution is 2.22. The van der Waals surface area contributed by atoms with Crippen molar-refractivity contribution in [1.82, 2.24) is 15.0 Å². The largest absolute Gasteiger partial charge is 0.467 e. The third-order valence-corrected chi connectivity index (χ3v) is 2.81. The zero-order chi connectivity index (χ0) is 15.2. The van der Waals surface area contributed by atoms with Gasteiger partial charge in [0, 0.05) is 19.3 Å². The number of anilines is 3. The first kappa shape index (κ1) is 15.0. The first-order chi connectivity index (χ1) is 10.1. The standard InChI is InChI=1S/C14H18FN5O/c1-4-8-16-12-17-13(19-14(18-12)21-3)20(2)11-7-5-6-10(15)9-11/h5-7,9H,4,8H2,1-3H3,(H,16,17,18,19). The number of hydrogen-bond donors (Lipinski definition) is 1. The summed E-state index contributed by atoms with van der Waals surface area (Å²) < 4.78 is 18.4. The summed E-state index contributed by atoms with van der Waals surface area (Å²) >= 11 is 0. The molecule has 7 heteroatoms. The van der Waals surface area contributed by atoms with E-state index in [0.29, 0.717) is 17.6 Å². The van der Waals surface area contributed by atoms with Gasteiger partial charge in [0.2, 0.25) is 11.9 Å². The maximum atomic E-state index is 13.3. The monoisotopic (exact) mass is 291 g/mol. The summed E-state index contributed by atoms with van der Waals surface area (Å²) in [5.74, 6) is 0.498. The highest BCUT2D eigenvalue weighted by Gasteiger charge is 2.12. The summed E-state index contributed by atoms with van der Waals surface area (Å²) in [6.07, 6.45) is 0.947. The zero-order valence-electron chi connectivity index (χ0n) is 12.3. The molecule has 1 aromatic heterocycles. The van der Waals surface area contributed by atoms with Crippen LogP contribution in [0.15, 0.2) is 24.3 Å². The lowest BCUT2D eigenvalue weighted by Gasteiger charge is -2.18. The molecule has 0 aliphatic heterocycles. The molecule has 2 rings (SSSR count). The van der Waals surface area contributed by atoms with Gasteiger partial charge in [0.1, 0.15) is 5.82 Å². The van der Waals surface area contributed by atoms with Crippen molar-refractivity contribution in [3.8, 4) is 6.01 Å². The molecule has 0 bridgehead atoms. The van der Waals surface area contributed by atoms with Gasteiger partial charge in [-0.1, -0.05) is 13.0 Å². The summed E-state index contributed by atoms with van der Waals surface area (Å²) in [5.41, 5.74) is 0.643. The van der Waals surface area contributed by atoms with Crippen LogP contribution in [0.1, 0.15) is 13.3 Å². The van der Waals surface area contributed by atoms with Crippen molar-refractivity contribution < 1.29 is 9.13 Å². The van der Waals surface area contributed by atoms with Crippen LogP contribution in [0.4, 0.5) is 22.0 Å². The SMILES string of the molecule is CCCNc1nc(OC)nc(N(C)c2cccc(F)c2)n1. The number of nitrogens with zero attached hydrogens (tertiary/aromatic N) is 4. The van der Waals surface area contributed by atoms with Crippen molar-refractivity contribution in [3.63, 3.8) is 0 Å². The van der Waals surface area contributed by atoms with Gasteiger partial charge in [-0.25, -0.2) is 4.39 Å². The third-order valence-electron chi connectivity index (χ3n) is 2.81. The Morgan fingerprint density at radius 2 is 2.10 bits per heavy atom. The fourth-order valence-corrected chi connectivity index (χ4v) is 1.70. The molecule has 1 aromatic carbocycles. The molecule has 0 radical (unpaired) electrons. The van der Waals surface area contributed by atoms with Gasteiger partial charge in [0.25, 0.3) is 0 Å². The number of ether oxygens (including phenoxy) is 1. The van der Waals surface area contributed by atoms with Crippen molar-refractivity contribution in [3.05, 3.63) is 30.1 Å². The Morgan fingerprint density at radius 3 is 2.76 bits per heavy atom. The Kier molecular flexibility index (Phi) is 4.86. The third kappa shape index (κ3) is 3.77. The molecule has 21 heavy (non-hydrogen) atoms. The first-order valence-corrected chi connectivity index (χ1v) is 6.67. The van der Waals surface area contributed by atoms with E-state index in [0.717, 1.165) is 13.0 Å². The fourth-order valence-electron chi connectivity index (χ4n) is 1.70. The van der Waals surface area contributed by atoms with E-state index < -0.39 is 0 Å². The molecule has 112 valence electrons. The van der Waals surface area contributed by atoms with E-state index in [9.17, 15) is 4.39 Å². The fraction of sp³-hybridized carbons (Fsp3) is 0.357. The topological polar surface area (TPSA) is 63.2 Å². The second-order valence-electron chi connectivity index (χ2n) is 4.41. The van der Waals surface area contributed by atoms with Crippen LogP contribution in [0.5, 0.6) is 6.01 Å². The van der Waals surface area contributed by atoms with Crippen LogP contribution in [0.3, 0.4) is 0 Å². The number of hydrogen-bond acceptors (Lipinski definition) is 6. The first-order valence-electron chi connectivity index (χ1n) is 6.67. The van der Waals surface area contributed by atoms with Crippen LogP contribution in [-0.2, 0) is 0 Å². The quantitative estimate of drug-likeness (QED) is 0.882. The minimum Gasteiger partial charge on any atom is -0.467 e. The molecule has 6 nitrogen and oxygen atoms in total. The highest BCUT2D eigenvalue weighted by atomic mass is 19.1. The van der Waals surface area contributed by atoms with Gasteiger partial charge >= 0.3 is 6.01 Å². The van der Waals surface area contributed by atoms with E-state index in [-0.39, 0.29) is 11.8 Å². The number of benzene rings is 1. The van der Waals surface area contributed by atoms with E-state index in [1.165, 1.54) is 19.2 Å². The van der Waals surface area contributed by atoms with Crippen LogP contribution in [-0.4, -0.2) is 35.7 Å². The van der Waals surface area contributed by atoms with Crippen molar-refractivity contribution >= 4 is 17.6 Å². The van der Waals surface area contributed by atoms with Crippen LogP contribution in [0.2, 0.25) is 0 Å². The molecule has 2 aromatic rings. The van der Waals surface area contributed by atoms with Crippen molar-refractivity contribution in [2.75, 3.05) is 30.9 Å². The van der Waals surface area contributed by atoms with Gasteiger partial charge in [-0.15, -0.1) is 0 Å². The molecule has 1 N–H and O–H groups in total. The normalized spacial score (nSPS) is 10.3. The summed E-state index contributed by atoms with van der Waals surface area (Å²) in [4.78, 5) is 14.3. The van der Waals surface area contributed by atoms with Gasteiger partial charge in [0.05, 0.1) is 7.11 Å². The Morgan fingerprint density at radius 1 is 1.29 bits per heavy atom. The molecule has 0 atom stereocenters. The average Bonchev–Trinajstić information content (AvgIpc) is 2.51. The number of methoxy groups -OCH3 is 1. The van der Waals surface area contributed by atoms with Crippen LogP contribution in [0.25, 0.3) is 0 Å². The number of rotatable bonds is 6. The molecular formula is C14H18FN5O. The lowest BCUT2D eigenvalue weighted by Crippen LogP contribution is -2.16. The Balaban J connectivity index is 2.32. The minimum atomic E-state index is -0.315. The predicted octanol–water partition coefficient (Wildman–Crippen LogP) is 2.61. The van der Waals surface area contributed by atoms with E-state index >= 15 is 0 Å². The molecule has 0 fully saturated rings. The van der Waals surface area contributed by atoms with Gasteiger partial charge in [0.15, 0.2) is 0 Å². The molecule has 0 saturated heterocycles. The predicted molar refractivity (Wildman–Crippen MR) is 79.6 cm³/mol. The molecule has 0 saturated carbocycles. The van der Waals surface area contributed by atoms with E-state index in [1.54, 1.807) is 24.1 Å². The van der Waals surface area contributed by atoms with Crippen LogP contribution >= 0.6 is 0 Å². The van der Waals surface area contributed by atoms with Gasteiger partial charge in [-0.2, -0.15) is 15.0 Å². The molecule has 0 amide bonds. The molecule has 0 spiro atoms. The van der Waals surface area contributed by atoms with Crippen LogP contribution in [0, 0.1) is 5.82 Å². The second kappa shape index (κ2) is 6.83. The smallest absolute Gasteiger partial charge is 0.322 e. The molecular weight excluding hydrogens is 273 g/mol. The molecule has 0 aliphatic carbocycles. The lowest BCUT2D eigenvalue weighted by molar-refractivity contribution is 0.379. The second-order valence-corrected chi connectivity index (χ2v) is 4.41. The summed E-state index contributed by atoms with van der Waals surface area (Å²) in [5, 5.41) is 3.08. The van der Waals surface area contributed by atoms with Crippen LogP contribution < -0.4 is 15.0 Å². The maximum Gasteiger partial charge on any atom is 0.322 e. The van der Waals surface area contributed by atoms with E-state index in [4.69, 9.17) is 4.74 Å². The average molecular weight is 291 g/mol. The number of aromatic nitrogens is 3. The van der Waals surface area contributed by atoms with E-state index in [2.05, 4.69) is 20.3 Å². The van der Waals surface area contributed by atoms with Gasteiger partial charge in [-0.3, -0.25) is 0 Å². The number of halogens is 1. The molecule has 1 heterocycles. The Hall–Kier alpha value is -2.44. The molecule has 0 aliphatic rings. The highest BCUT2D eigenvalue weighted by molar-refractivity contribution is 5.57. The maximum absolute atomic E-state index is 13.3. The lowest BCUT2D eigenvalue weighted by atomic mass is 10.3. The zero-order valence-corrected chi connectivity index (χ0v) is 12.3.